The van der Waals surface area contributed by atoms with Crippen LogP contribution in [0.1, 0.15) is 63.6 Å². The molecule has 0 saturated carbocycles. The standard InChI is InChI=1S/C24H34N6O2/c1-4-19-15-26-30-21(25-14-18-8-9-23(32)29(16-18)17(2)3)13-22(27-24(19)30)28-11-6-5-7-20(28)10-12-31/h8-9,13,15-17,20,25,31H,4-7,10-12,14H2,1-3H3. The zero-order valence-electron chi connectivity index (χ0n) is 19.3. The number of rotatable bonds is 8. The van der Waals surface area contributed by atoms with Crippen LogP contribution in [0.3, 0.4) is 0 Å². The number of hydrogen-bond acceptors (Lipinski definition) is 6. The van der Waals surface area contributed by atoms with Crippen LogP contribution < -0.4 is 15.8 Å². The minimum atomic E-state index is 0.0111. The molecular formula is C24H34N6O2. The van der Waals surface area contributed by atoms with E-state index in [2.05, 4.69) is 28.3 Å². The summed E-state index contributed by atoms with van der Waals surface area (Å²) in [4.78, 5) is 19.4. The van der Waals surface area contributed by atoms with E-state index in [1.807, 2.05) is 36.8 Å². The lowest BCUT2D eigenvalue weighted by molar-refractivity contribution is 0.262. The maximum Gasteiger partial charge on any atom is 0.250 e. The van der Waals surface area contributed by atoms with E-state index >= 15 is 0 Å². The van der Waals surface area contributed by atoms with Crippen molar-refractivity contribution >= 4 is 17.3 Å². The molecule has 4 heterocycles. The molecule has 1 unspecified atom stereocenters. The number of fused-ring (bicyclic) bond motifs is 1. The minimum absolute atomic E-state index is 0.0111. The number of aliphatic hydroxyl groups excluding tert-OH is 1. The van der Waals surface area contributed by atoms with Gasteiger partial charge in [-0.15, -0.1) is 0 Å². The van der Waals surface area contributed by atoms with Crippen molar-refractivity contribution in [3.05, 3.63) is 52.1 Å². The first-order chi connectivity index (χ1) is 15.5. The third-order valence-corrected chi connectivity index (χ3v) is 6.33. The van der Waals surface area contributed by atoms with Crippen molar-refractivity contribution in [1.29, 1.82) is 0 Å². The van der Waals surface area contributed by atoms with Gasteiger partial charge >= 0.3 is 0 Å². The van der Waals surface area contributed by atoms with Gasteiger partial charge in [0, 0.05) is 55.7 Å². The number of aliphatic hydroxyl groups is 1. The molecule has 8 heteroatoms. The van der Waals surface area contributed by atoms with Crippen LogP contribution in [0.4, 0.5) is 11.6 Å². The van der Waals surface area contributed by atoms with Crippen LogP contribution in [0.5, 0.6) is 0 Å². The molecule has 0 amide bonds. The van der Waals surface area contributed by atoms with Crippen LogP contribution in [0, 0.1) is 0 Å². The average molecular weight is 439 g/mol. The first kappa shape index (κ1) is 22.3. The van der Waals surface area contributed by atoms with Crippen molar-refractivity contribution < 1.29 is 5.11 Å². The third kappa shape index (κ3) is 4.50. The first-order valence-corrected chi connectivity index (χ1v) is 11.7. The van der Waals surface area contributed by atoms with Crippen LogP contribution >= 0.6 is 0 Å². The molecule has 1 atom stereocenters. The second kappa shape index (κ2) is 9.73. The van der Waals surface area contributed by atoms with Crippen LogP contribution in [0.15, 0.2) is 35.4 Å². The predicted molar refractivity (Wildman–Crippen MR) is 127 cm³/mol. The quantitative estimate of drug-likeness (QED) is 0.561. The topological polar surface area (TPSA) is 87.7 Å². The molecule has 32 heavy (non-hydrogen) atoms. The number of aryl methyl sites for hydroxylation is 1. The number of nitrogens with one attached hydrogen (secondary N) is 1. The van der Waals surface area contributed by atoms with Crippen LogP contribution in [-0.2, 0) is 13.0 Å². The van der Waals surface area contributed by atoms with E-state index in [-0.39, 0.29) is 18.2 Å². The van der Waals surface area contributed by atoms with Gasteiger partial charge in [0.2, 0.25) is 0 Å². The van der Waals surface area contributed by atoms with E-state index in [4.69, 9.17) is 4.98 Å². The maximum atomic E-state index is 12.1. The Kier molecular flexibility index (Phi) is 6.79. The molecule has 1 fully saturated rings. The fraction of sp³-hybridized carbons (Fsp3) is 0.542. The van der Waals surface area contributed by atoms with Crippen LogP contribution in [-0.4, -0.2) is 43.5 Å². The van der Waals surface area contributed by atoms with Crippen molar-refractivity contribution in [3.8, 4) is 0 Å². The molecular weight excluding hydrogens is 404 g/mol. The Morgan fingerprint density at radius 2 is 2.12 bits per heavy atom. The van der Waals surface area contributed by atoms with Crippen LogP contribution in [0.25, 0.3) is 5.65 Å². The monoisotopic (exact) mass is 438 g/mol. The van der Waals surface area contributed by atoms with E-state index in [1.54, 1.807) is 10.6 Å². The van der Waals surface area contributed by atoms with Gasteiger partial charge in [0.1, 0.15) is 11.6 Å². The second-order valence-corrected chi connectivity index (χ2v) is 8.84. The molecule has 0 bridgehead atoms. The molecule has 0 radical (unpaired) electrons. The summed E-state index contributed by atoms with van der Waals surface area (Å²) in [5.41, 5.74) is 3.02. The lowest BCUT2D eigenvalue weighted by Gasteiger charge is -2.36. The van der Waals surface area contributed by atoms with E-state index < -0.39 is 0 Å². The normalized spacial score (nSPS) is 16.8. The lowest BCUT2D eigenvalue weighted by Crippen LogP contribution is -2.40. The number of aromatic nitrogens is 4. The Balaban J connectivity index is 1.68. The number of anilines is 2. The van der Waals surface area contributed by atoms with E-state index in [0.717, 1.165) is 60.6 Å². The molecule has 1 saturated heterocycles. The Bertz CT molecular complexity index is 1120. The number of piperidine rings is 1. The van der Waals surface area contributed by atoms with E-state index in [0.29, 0.717) is 12.6 Å². The Labute approximate surface area is 188 Å². The van der Waals surface area contributed by atoms with Gasteiger partial charge in [-0.1, -0.05) is 13.0 Å². The Morgan fingerprint density at radius 1 is 1.28 bits per heavy atom. The van der Waals surface area contributed by atoms with Gasteiger partial charge in [0.25, 0.3) is 5.56 Å². The summed E-state index contributed by atoms with van der Waals surface area (Å²) in [5, 5.41) is 17.7. The smallest absolute Gasteiger partial charge is 0.250 e. The molecule has 3 aromatic rings. The van der Waals surface area contributed by atoms with Gasteiger partial charge in [0.05, 0.1) is 6.20 Å². The summed E-state index contributed by atoms with van der Waals surface area (Å²) in [6, 6.07) is 5.98. The fourth-order valence-corrected chi connectivity index (χ4v) is 4.52. The fourth-order valence-electron chi connectivity index (χ4n) is 4.52. The summed E-state index contributed by atoms with van der Waals surface area (Å²) in [6.07, 6.45) is 8.82. The number of nitrogens with zero attached hydrogens (tertiary/aromatic N) is 5. The highest BCUT2D eigenvalue weighted by Gasteiger charge is 2.24. The zero-order chi connectivity index (χ0) is 22.7. The van der Waals surface area contributed by atoms with Gasteiger partial charge in [-0.25, -0.2) is 4.98 Å². The van der Waals surface area contributed by atoms with E-state index in [1.165, 1.54) is 6.42 Å². The van der Waals surface area contributed by atoms with Crippen molar-refractivity contribution in [2.45, 2.75) is 71.5 Å². The molecule has 0 aromatic carbocycles. The molecule has 1 aliphatic heterocycles. The van der Waals surface area contributed by atoms with Crippen molar-refractivity contribution in [2.24, 2.45) is 0 Å². The van der Waals surface area contributed by atoms with Gasteiger partial charge < -0.3 is 19.9 Å². The highest BCUT2D eigenvalue weighted by molar-refractivity contribution is 5.61. The Morgan fingerprint density at radius 3 is 2.88 bits per heavy atom. The molecule has 3 aromatic heterocycles. The summed E-state index contributed by atoms with van der Waals surface area (Å²) in [7, 11) is 0. The summed E-state index contributed by atoms with van der Waals surface area (Å²) < 4.78 is 3.62. The highest BCUT2D eigenvalue weighted by atomic mass is 16.3. The molecule has 2 N–H and O–H groups in total. The van der Waals surface area contributed by atoms with Gasteiger partial charge in [0.15, 0.2) is 5.65 Å². The maximum absolute atomic E-state index is 12.1. The molecule has 1 aliphatic rings. The summed E-state index contributed by atoms with van der Waals surface area (Å²) >= 11 is 0. The van der Waals surface area contributed by atoms with Crippen molar-refractivity contribution in [2.75, 3.05) is 23.4 Å². The SMILES string of the molecule is CCc1cnn2c(NCc3ccc(=O)n(C(C)C)c3)cc(N3CCCCC3CCO)nc12. The van der Waals surface area contributed by atoms with Gasteiger partial charge in [-0.3, -0.25) is 4.79 Å². The summed E-state index contributed by atoms with van der Waals surface area (Å²) in [6.45, 7) is 7.84. The Hall–Kier alpha value is -2.87. The summed E-state index contributed by atoms with van der Waals surface area (Å²) in [5.74, 6) is 1.81. The van der Waals surface area contributed by atoms with Crippen LogP contribution in [0.2, 0.25) is 0 Å². The largest absolute Gasteiger partial charge is 0.396 e. The number of pyridine rings is 1. The molecule has 4 rings (SSSR count). The van der Waals surface area contributed by atoms with E-state index in [9.17, 15) is 9.90 Å². The third-order valence-electron chi connectivity index (χ3n) is 6.33. The van der Waals surface area contributed by atoms with Gasteiger partial charge in [-0.05, 0) is 51.5 Å². The zero-order valence-corrected chi connectivity index (χ0v) is 19.3. The molecule has 0 spiro atoms. The molecule has 0 aliphatic carbocycles. The first-order valence-electron chi connectivity index (χ1n) is 11.7. The van der Waals surface area contributed by atoms with Crippen molar-refractivity contribution in [1.82, 2.24) is 19.2 Å². The lowest BCUT2D eigenvalue weighted by atomic mass is 9.99. The van der Waals surface area contributed by atoms with Crippen molar-refractivity contribution in [3.63, 3.8) is 0 Å². The average Bonchev–Trinajstić information content (AvgIpc) is 3.22. The predicted octanol–water partition coefficient (Wildman–Crippen LogP) is 3.39. The second-order valence-electron chi connectivity index (χ2n) is 8.84. The van der Waals surface area contributed by atoms with Gasteiger partial charge in [-0.2, -0.15) is 9.61 Å². The molecule has 172 valence electrons. The highest BCUT2D eigenvalue weighted by Crippen LogP contribution is 2.29. The minimum Gasteiger partial charge on any atom is -0.396 e. The number of hydrogen-bond donors (Lipinski definition) is 2. The molecule has 8 nitrogen and oxygen atoms in total.